The van der Waals surface area contributed by atoms with Crippen LogP contribution in [0.15, 0.2) is 11.1 Å². The first-order valence-corrected chi connectivity index (χ1v) is 4.19. The van der Waals surface area contributed by atoms with E-state index in [0.29, 0.717) is 0 Å². The van der Waals surface area contributed by atoms with Crippen molar-refractivity contribution in [1.82, 2.24) is 0 Å². The molecule has 1 atom stereocenters. The number of hydrogen-bond acceptors (Lipinski definition) is 2. The number of carbonyl (C=O) groups is 1. The Bertz CT molecular complexity index is 228. The highest BCUT2D eigenvalue weighted by Gasteiger charge is 2.32. The molecule has 0 amide bonds. The lowest BCUT2D eigenvalue weighted by Crippen LogP contribution is -2.15. The molecule has 0 unspecified atom stereocenters. The van der Waals surface area contributed by atoms with E-state index in [1.54, 1.807) is 0 Å². The highest BCUT2D eigenvalue weighted by molar-refractivity contribution is 5.91. The summed E-state index contributed by atoms with van der Waals surface area (Å²) < 4.78 is 5.16. The van der Waals surface area contributed by atoms with Crippen molar-refractivity contribution in [2.24, 2.45) is 0 Å². The van der Waals surface area contributed by atoms with Gasteiger partial charge in [0.1, 0.15) is 6.10 Å². The second-order valence-corrected chi connectivity index (χ2v) is 3.29. The van der Waals surface area contributed by atoms with Crippen LogP contribution in [-0.4, -0.2) is 12.1 Å². The topological polar surface area (TPSA) is 26.3 Å². The molecule has 1 aliphatic carbocycles. The van der Waals surface area contributed by atoms with E-state index >= 15 is 0 Å². The van der Waals surface area contributed by atoms with E-state index in [4.69, 9.17) is 4.74 Å². The zero-order chi connectivity index (χ0) is 7.84. The predicted octanol–water partition coefficient (Wildman–Crippen LogP) is 1.80. The Labute approximate surface area is 66.2 Å². The van der Waals surface area contributed by atoms with Crippen LogP contribution in [0.25, 0.3) is 0 Å². The molecular weight excluding hydrogens is 140 g/mol. The fraction of sp³-hybridized carbons (Fsp3) is 0.667. The molecule has 0 saturated heterocycles. The van der Waals surface area contributed by atoms with Crippen molar-refractivity contribution in [2.45, 2.75) is 38.7 Å². The van der Waals surface area contributed by atoms with Gasteiger partial charge in [-0.3, -0.25) is 0 Å². The third-order valence-electron chi connectivity index (χ3n) is 2.59. The molecule has 60 valence electrons. The Hall–Kier alpha value is -0.790. The normalized spacial score (nSPS) is 30.3. The minimum Gasteiger partial charge on any atom is -0.454 e. The molecule has 0 aromatic carbocycles. The van der Waals surface area contributed by atoms with E-state index < -0.39 is 0 Å². The van der Waals surface area contributed by atoms with Crippen LogP contribution in [0.4, 0.5) is 0 Å². The average molecular weight is 152 g/mol. The maximum atomic E-state index is 11.1. The first kappa shape index (κ1) is 6.89. The van der Waals surface area contributed by atoms with Crippen LogP contribution in [0, 0.1) is 0 Å². The largest absolute Gasteiger partial charge is 0.454 e. The number of rotatable bonds is 0. The summed E-state index contributed by atoms with van der Waals surface area (Å²) >= 11 is 0. The first-order valence-electron chi connectivity index (χ1n) is 4.19. The molecule has 11 heavy (non-hydrogen) atoms. The van der Waals surface area contributed by atoms with Gasteiger partial charge in [0.25, 0.3) is 0 Å². The van der Waals surface area contributed by atoms with Crippen molar-refractivity contribution in [3.05, 3.63) is 11.1 Å². The van der Waals surface area contributed by atoms with E-state index in [9.17, 15) is 4.79 Å². The van der Waals surface area contributed by atoms with Gasteiger partial charge in [-0.1, -0.05) is 0 Å². The Morgan fingerprint density at radius 1 is 1.45 bits per heavy atom. The number of hydrogen-bond donors (Lipinski definition) is 0. The van der Waals surface area contributed by atoms with E-state index in [0.717, 1.165) is 18.4 Å². The van der Waals surface area contributed by atoms with Gasteiger partial charge in [-0.05, 0) is 38.2 Å². The van der Waals surface area contributed by atoms with Gasteiger partial charge in [0.05, 0.1) is 0 Å². The Balaban J connectivity index is 2.28. The van der Waals surface area contributed by atoms with E-state index in [2.05, 4.69) is 0 Å². The second kappa shape index (κ2) is 2.36. The van der Waals surface area contributed by atoms with Crippen molar-refractivity contribution in [1.29, 1.82) is 0 Å². The summed E-state index contributed by atoms with van der Waals surface area (Å²) in [5.74, 6) is -0.0908. The predicted molar refractivity (Wildman–Crippen MR) is 41.0 cm³/mol. The maximum Gasteiger partial charge on any atom is 0.334 e. The van der Waals surface area contributed by atoms with E-state index in [1.165, 1.54) is 18.4 Å². The van der Waals surface area contributed by atoms with Gasteiger partial charge in [-0.25, -0.2) is 4.79 Å². The Morgan fingerprint density at radius 3 is 3.00 bits per heavy atom. The SMILES string of the molecule is CC1=C2CCCC[C@@H]2OC1=O. The Morgan fingerprint density at radius 2 is 2.27 bits per heavy atom. The first-order chi connectivity index (χ1) is 5.29. The lowest BCUT2D eigenvalue weighted by atomic mass is 9.91. The molecule has 1 aliphatic heterocycles. The lowest BCUT2D eigenvalue weighted by molar-refractivity contribution is -0.140. The summed E-state index contributed by atoms with van der Waals surface area (Å²) in [5, 5.41) is 0. The smallest absolute Gasteiger partial charge is 0.334 e. The number of carbonyl (C=O) groups excluding carboxylic acids is 1. The van der Waals surface area contributed by atoms with Crippen LogP contribution in [0.1, 0.15) is 32.6 Å². The van der Waals surface area contributed by atoms with Gasteiger partial charge in [0, 0.05) is 5.57 Å². The molecule has 2 aliphatic rings. The molecule has 0 aromatic heterocycles. The molecule has 0 aromatic rings. The van der Waals surface area contributed by atoms with Crippen molar-refractivity contribution in [2.75, 3.05) is 0 Å². The summed E-state index contributed by atoms with van der Waals surface area (Å²) in [6, 6.07) is 0. The zero-order valence-electron chi connectivity index (χ0n) is 6.72. The van der Waals surface area contributed by atoms with Gasteiger partial charge >= 0.3 is 5.97 Å². The van der Waals surface area contributed by atoms with Gasteiger partial charge in [0.15, 0.2) is 0 Å². The van der Waals surface area contributed by atoms with Crippen LogP contribution < -0.4 is 0 Å². The van der Waals surface area contributed by atoms with Gasteiger partial charge in [0.2, 0.25) is 0 Å². The molecule has 2 nitrogen and oxygen atoms in total. The van der Waals surface area contributed by atoms with Crippen LogP contribution in [-0.2, 0) is 9.53 Å². The van der Waals surface area contributed by atoms with Gasteiger partial charge in [-0.15, -0.1) is 0 Å². The zero-order valence-corrected chi connectivity index (χ0v) is 6.72. The third-order valence-corrected chi connectivity index (χ3v) is 2.59. The van der Waals surface area contributed by atoms with Crippen LogP contribution >= 0.6 is 0 Å². The molecular formula is C9H12O2. The van der Waals surface area contributed by atoms with E-state index in [1.807, 2.05) is 6.92 Å². The number of ether oxygens (including phenoxy) is 1. The summed E-state index contributed by atoms with van der Waals surface area (Å²) in [4.78, 5) is 11.1. The molecule has 2 heteroatoms. The fourth-order valence-corrected chi connectivity index (χ4v) is 1.89. The minimum absolute atomic E-state index is 0.0908. The molecule has 0 bridgehead atoms. The molecule has 1 saturated carbocycles. The highest BCUT2D eigenvalue weighted by Crippen LogP contribution is 2.33. The molecule has 1 fully saturated rings. The maximum absolute atomic E-state index is 11.1. The molecule has 0 spiro atoms. The monoisotopic (exact) mass is 152 g/mol. The highest BCUT2D eigenvalue weighted by atomic mass is 16.5. The van der Waals surface area contributed by atoms with Crippen LogP contribution in [0.3, 0.4) is 0 Å². The number of fused-ring (bicyclic) bond motifs is 1. The fourth-order valence-electron chi connectivity index (χ4n) is 1.89. The summed E-state index contributed by atoms with van der Waals surface area (Å²) in [6.07, 6.45) is 4.69. The quantitative estimate of drug-likeness (QED) is 0.495. The van der Waals surface area contributed by atoms with Crippen molar-refractivity contribution < 1.29 is 9.53 Å². The average Bonchev–Trinajstić information content (AvgIpc) is 2.30. The molecule has 2 rings (SSSR count). The van der Waals surface area contributed by atoms with Crippen LogP contribution in [0.5, 0.6) is 0 Å². The molecule has 1 heterocycles. The second-order valence-electron chi connectivity index (χ2n) is 3.29. The standard InChI is InChI=1S/C9H12O2/c1-6-7-4-2-3-5-8(7)11-9(6)10/h8H,2-5H2,1H3/t8-/m0/s1. The molecule has 0 N–H and O–H groups in total. The summed E-state index contributed by atoms with van der Waals surface area (Å²) in [7, 11) is 0. The van der Waals surface area contributed by atoms with Gasteiger partial charge < -0.3 is 4.74 Å². The number of esters is 1. The lowest BCUT2D eigenvalue weighted by Gasteiger charge is -2.18. The third kappa shape index (κ3) is 0.971. The van der Waals surface area contributed by atoms with Crippen molar-refractivity contribution in [3.8, 4) is 0 Å². The molecule has 0 radical (unpaired) electrons. The summed E-state index contributed by atoms with van der Waals surface area (Å²) in [6.45, 7) is 1.88. The minimum atomic E-state index is -0.0908. The van der Waals surface area contributed by atoms with E-state index in [-0.39, 0.29) is 12.1 Å². The Kier molecular flexibility index (Phi) is 1.48. The summed E-state index contributed by atoms with van der Waals surface area (Å²) in [5.41, 5.74) is 2.14. The van der Waals surface area contributed by atoms with Gasteiger partial charge in [-0.2, -0.15) is 0 Å². The van der Waals surface area contributed by atoms with Crippen LogP contribution in [0.2, 0.25) is 0 Å². The van der Waals surface area contributed by atoms with Crippen molar-refractivity contribution >= 4 is 5.97 Å². The van der Waals surface area contributed by atoms with Crippen molar-refractivity contribution in [3.63, 3.8) is 0 Å².